The molecular weight excluding hydrogens is 255 g/mol. The second-order valence-electron chi connectivity index (χ2n) is 4.71. The summed E-state index contributed by atoms with van der Waals surface area (Å²) in [6, 6.07) is -0.599. The fraction of sp³-hybridized carbons (Fsp3) is 0.769. The van der Waals surface area contributed by atoms with Crippen molar-refractivity contribution in [3.05, 3.63) is 18.2 Å². The summed E-state index contributed by atoms with van der Waals surface area (Å²) in [4.78, 5) is 4.17. The third kappa shape index (κ3) is 6.09. The summed E-state index contributed by atoms with van der Waals surface area (Å²) in [6.07, 6.45) is 0.582. The highest BCUT2D eigenvalue weighted by Gasteiger charge is 2.32. The van der Waals surface area contributed by atoms with Crippen molar-refractivity contribution in [2.75, 3.05) is 6.54 Å². The molecule has 0 aromatic carbocycles. The molecule has 110 valence electrons. The largest absolute Gasteiger partial charge is 0.390 e. The number of nitrogens with one attached hydrogen (secondary N) is 1. The molecule has 0 bridgehead atoms. The van der Waals surface area contributed by atoms with Gasteiger partial charge in [0, 0.05) is 31.4 Å². The van der Waals surface area contributed by atoms with Crippen molar-refractivity contribution in [3.8, 4) is 0 Å². The summed E-state index contributed by atoms with van der Waals surface area (Å²) in [5.74, 6) is 0.722. The van der Waals surface area contributed by atoms with Crippen LogP contribution in [-0.4, -0.2) is 28.3 Å². The molecule has 0 fully saturated rings. The molecule has 3 nitrogen and oxygen atoms in total. The topological polar surface area (TPSA) is 29.9 Å². The van der Waals surface area contributed by atoms with E-state index in [1.807, 2.05) is 24.6 Å². The van der Waals surface area contributed by atoms with Gasteiger partial charge in [0.1, 0.15) is 5.82 Å². The van der Waals surface area contributed by atoms with Crippen molar-refractivity contribution in [3.63, 3.8) is 0 Å². The van der Waals surface area contributed by atoms with Gasteiger partial charge >= 0.3 is 6.18 Å². The third-order valence-electron chi connectivity index (χ3n) is 2.86. The minimum atomic E-state index is -4.15. The molecular formula is C13H22F3N3. The summed E-state index contributed by atoms with van der Waals surface area (Å²) in [6.45, 7) is 5.36. The first-order valence-corrected chi connectivity index (χ1v) is 6.76. The number of imidazole rings is 1. The highest BCUT2D eigenvalue weighted by molar-refractivity contribution is 4.96. The number of aromatic nitrogens is 2. The highest BCUT2D eigenvalue weighted by atomic mass is 19.4. The van der Waals surface area contributed by atoms with Crippen molar-refractivity contribution < 1.29 is 13.2 Å². The molecule has 0 aliphatic rings. The summed E-state index contributed by atoms with van der Waals surface area (Å²) in [5.41, 5.74) is 0. The van der Waals surface area contributed by atoms with Gasteiger partial charge in [0.05, 0.1) is 6.42 Å². The van der Waals surface area contributed by atoms with Crippen molar-refractivity contribution in [1.29, 1.82) is 0 Å². The van der Waals surface area contributed by atoms with Gasteiger partial charge < -0.3 is 9.88 Å². The maximum Gasteiger partial charge on any atom is 0.390 e. The van der Waals surface area contributed by atoms with Gasteiger partial charge in [-0.25, -0.2) is 4.98 Å². The van der Waals surface area contributed by atoms with Crippen molar-refractivity contribution in [2.45, 2.75) is 58.3 Å². The quantitative estimate of drug-likeness (QED) is 0.791. The maximum atomic E-state index is 12.5. The molecule has 0 radical (unpaired) electrons. The van der Waals surface area contributed by atoms with E-state index in [2.05, 4.69) is 10.3 Å². The maximum absolute atomic E-state index is 12.5. The van der Waals surface area contributed by atoms with E-state index < -0.39 is 18.6 Å². The Morgan fingerprint density at radius 2 is 2.05 bits per heavy atom. The van der Waals surface area contributed by atoms with Gasteiger partial charge in [0.15, 0.2) is 0 Å². The van der Waals surface area contributed by atoms with Crippen LogP contribution in [0.5, 0.6) is 0 Å². The Hall–Kier alpha value is -1.04. The summed E-state index contributed by atoms with van der Waals surface area (Å²) in [5, 5.41) is 2.96. The fourth-order valence-electron chi connectivity index (χ4n) is 2.04. The highest BCUT2D eigenvalue weighted by Crippen LogP contribution is 2.23. The molecule has 1 atom stereocenters. The molecule has 1 rings (SSSR count). The minimum Gasteiger partial charge on any atom is -0.335 e. The van der Waals surface area contributed by atoms with E-state index in [0.29, 0.717) is 13.0 Å². The summed E-state index contributed by atoms with van der Waals surface area (Å²) >= 11 is 0. The standard InChI is InChI=1S/C13H22F3N3/c1-3-5-17-11(10-13(14,15)16)9-12-18-6-8-19(12)7-4-2/h6,8,11,17H,3-5,7,9-10H2,1-2H3. The molecule has 1 unspecified atom stereocenters. The van der Waals surface area contributed by atoms with Crippen LogP contribution in [0, 0.1) is 0 Å². The van der Waals surface area contributed by atoms with Gasteiger partial charge in [-0.2, -0.15) is 13.2 Å². The number of halogens is 3. The average Bonchev–Trinajstić information content (AvgIpc) is 2.72. The Morgan fingerprint density at radius 1 is 1.32 bits per heavy atom. The van der Waals surface area contributed by atoms with Gasteiger partial charge in [-0.1, -0.05) is 13.8 Å². The van der Waals surface area contributed by atoms with Gasteiger partial charge in [-0.3, -0.25) is 0 Å². The van der Waals surface area contributed by atoms with Crippen molar-refractivity contribution in [1.82, 2.24) is 14.9 Å². The Bertz CT molecular complexity index is 360. The molecule has 1 heterocycles. The second-order valence-corrected chi connectivity index (χ2v) is 4.71. The zero-order valence-corrected chi connectivity index (χ0v) is 11.5. The lowest BCUT2D eigenvalue weighted by Crippen LogP contribution is -2.36. The van der Waals surface area contributed by atoms with E-state index >= 15 is 0 Å². The fourth-order valence-corrected chi connectivity index (χ4v) is 2.04. The van der Waals surface area contributed by atoms with Crippen LogP contribution < -0.4 is 5.32 Å². The smallest absolute Gasteiger partial charge is 0.335 e. The Labute approximate surface area is 112 Å². The molecule has 6 heteroatoms. The molecule has 0 aliphatic carbocycles. The molecule has 0 saturated carbocycles. The first-order valence-electron chi connectivity index (χ1n) is 6.76. The molecule has 0 amide bonds. The average molecular weight is 277 g/mol. The van der Waals surface area contributed by atoms with Crippen LogP contribution in [0.25, 0.3) is 0 Å². The van der Waals surface area contributed by atoms with Crippen LogP contribution in [-0.2, 0) is 13.0 Å². The number of hydrogen-bond donors (Lipinski definition) is 1. The minimum absolute atomic E-state index is 0.312. The lowest BCUT2D eigenvalue weighted by molar-refractivity contribution is -0.140. The molecule has 0 saturated heterocycles. The van der Waals surface area contributed by atoms with Crippen LogP contribution in [0.2, 0.25) is 0 Å². The number of nitrogens with zero attached hydrogens (tertiary/aromatic N) is 2. The zero-order chi connectivity index (χ0) is 14.3. The number of hydrogen-bond acceptors (Lipinski definition) is 2. The number of alkyl halides is 3. The predicted octanol–water partition coefficient (Wildman–Crippen LogP) is 3.16. The van der Waals surface area contributed by atoms with E-state index in [0.717, 1.165) is 25.2 Å². The lowest BCUT2D eigenvalue weighted by Gasteiger charge is -2.20. The van der Waals surface area contributed by atoms with E-state index in [-0.39, 0.29) is 0 Å². The second kappa shape index (κ2) is 7.53. The summed E-state index contributed by atoms with van der Waals surface area (Å²) in [7, 11) is 0. The van der Waals surface area contributed by atoms with Gasteiger partial charge in [-0.05, 0) is 19.4 Å². The molecule has 0 spiro atoms. The predicted molar refractivity (Wildman–Crippen MR) is 69.0 cm³/mol. The third-order valence-corrected chi connectivity index (χ3v) is 2.86. The van der Waals surface area contributed by atoms with Gasteiger partial charge in [-0.15, -0.1) is 0 Å². The van der Waals surface area contributed by atoms with Crippen molar-refractivity contribution >= 4 is 0 Å². The lowest BCUT2D eigenvalue weighted by atomic mass is 10.1. The van der Waals surface area contributed by atoms with E-state index in [1.54, 1.807) is 6.20 Å². The molecule has 0 aliphatic heterocycles. The van der Waals surface area contributed by atoms with Crippen LogP contribution in [0.15, 0.2) is 12.4 Å². The first-order chi connectivity index (χ1) is 8.96. The van der Waals surface area contributed by atoms with Crippen LogP contribution in [0.1, 0.15) is 38.9 Å². The molecule has 1 aromatic rings. The van der Waals surface area contributed by atoms with Crippen LogP contribution in [0.3, 0.4) is 0 Å². The molecule has 19 heavy (non-hydrogen) atoms. The van der Waals surface area contributed by atoms with Gasteiger partial charge in [0.25, 0.3) is 0 Å². The first kappa shape index (κ1) is 16.0. The van der Waals surface area contributed by atoms with E-state index in [9.17, 15) is 13.2 Å². The Balaban J connectivity index is 2.67. The van der Waals surface area contributed by atoms with Crippen LogP contribution >= 0.6 is 0 Å². The number of rotatable bonds is 8. The Kier molecular flexibility index (Phi) is 6.34. The SMILES string of the molecule is CCCNC(Cc1nccn1CCC)CC(F)(F)F. The van der Waals surface area contributed by atoms with Crippen LogP contribution in [0.4, 0.5) is 13.2 Å². The zero-order valence-electron chi connectivity index (χ0n) is 11.5. The molecule has 1 aromatic heterocycles. The van der Waals surface area contributed by atoms with Gasteiger partial charge in [0.2, 0.25) is 0 Å². The molecule has 1 N–H and O–H groups in total. The monoisotopic (exact) mass is 277 g/mol. The van der Waals surface area contributed by atoms with E-state index in [4.69, 9.17) is 0 Å². The summed E-state index contributed by atoms with van der Waals surface area (Å²) < 4.78 is 39.6. The Morgan fingerprint density at radius 3 is 2.63 bits per heavy atom. The normalized spacial score (nSPS) is 13.7. The van der Waals surface area contributed by atoms with Crippen molar-refractivity contribution in [2.24, 2.45) is 0 Å². The number of aryl methyl sites for hydroxylation is 1. The van der Waals surface area contributed by atoms with E-state index in [1.165, 1.54) is 0 Å².